The fourth-order valence-corrected chi connectivity index (χ4v) is 4.37. The molecular formula is C25H22N2. The molecule has 2 nitrogen and oxygen atoms in total. The first-order valence-electron chi connectivity index (χ1n) is 9.39. The molecule has 0 saturated carbocycles. The van der Waals surface area contributed by atoms with Crippen molar-refractivity contribution < 1.29 is 0 Å². The van der Waals surface area contributed by atoms with Gasteiger partial charge >= 0.3 is 0 Å². The Morgan fingerprint density at radius 1 is 0.704 bits per heavy atom. The SMILES string of the molecule is CC1(C)c2ccccc2-c2[nH]c3ccccc3c21.c1ccc2[nH]ccc2c1. The van der Waals surface area contributed by atoms with Crippen molar-refractivity contribution in [3.63, 3.8) is 0 Å². The Balaban J connectivity index is 0.000000149. The van der Waals surface area contributed by atoms with Crippen LogP contribution in [0.2, 0.25) is 0 Å². The fraction of sp³-hybridized carbons (Fsp3) is 0.120. The summed E-state index contributed by atoms with van der Waals surface area (Å²) in [7, 11) is 0. The summed E-state index contributed by atoms with van der Waals surface area (Å²) in [5.41, 5.74) is 8.07. The van der Waals surface area contributed by atoms with Crippen molar-refractivity contribution in [1.82, 2.24) is 9.97 Å². The molecule has 2 aromatic heterocycles. The lowest BCUT2D eigenvalue weighted by Crippen LogP contribution is -2.14. The van der Waals surface area contributed by atoms with Gasteiger partial charge in [0.15, 0.2) is 0 Å². The van der Waals surface area contributed by atoms with E-state index >= 15 is 0 Å². The van der Waals surface area contributed by atoms with E-state index in [0.717, 1.165) is 0 Å². The van der Waals surface area contributed by atoms with Gasteiger partial charge in [0.1, 0.15) is 0 Å². The van der Waals surface area contributed by atoms with E-state index in [-0.39, 0.29) is 5.41 Å². The Morgan fingerprint density at radius 2 is 1.41 bits per heavy atom. The normalized spacial score (nSPS) is 13.9. The van der Waals surface area contributed by atoms with Gasteiger partial charge in [0, 0.05) is 33.6 Å². The van der Waals surface area contributed by atoms with Crippen LogP contribution in [0.25, 0.3) is 33.1 Å². The molecule has 0 bridgehead atoms. The predicted molar refractivity (Wildman–Crippen MR) is 114 cm³/mol. The van der Waals surface area contributed by atoms with Crippen LogP contribution in [0.1, 0.15) is 25.0 Å². The van der Waals surface area contributed by atoms with Crippen LogP contribution < -0.4 is 0 Å². The van der Waals surface area contributed by atoms with Crippen molar-refractivity contribution in [2.24, 2.45) is 0 Å². The van der Waals surface area contributed by atoms with Gasteiger partial charge in [-0.2, -0.15) is 0 Å². The zero-order valence-electron chi connectivity index (χ0n) is 15.6. The molecule has 2 heteroatoms. The number of rotatable bonds is 0. The molecule has 1 aliphatic rings. The second-order valence-electron chi connectivity index (χ2n) is 7.66. The number of H-pyrrole nitrogens is 2. The summed E-state index contributed by atoms with van der Waals surface area (Å²) < 4.78 is 0. The first kappa shape index (κ1) is 16.0. The maximum absolute atomic E-state index is 3.59. The molecule has 27 heavy (non-hydrogen) atoms. The van der Waals surface area contributed by atoms with Crippen LogP contribution in [0.3, 0.4) is 0 Å². The summed E-state index contributed by atoms with van der Waals surface area (Å²) in [5.74, 6) is 0. The van der Waals surface area contributed by atoms with Gasteiger partial charge in [0.25, 0.3) is 0 Å². The highest BCUT2D eigenvalue weighted by Crippen LogP contribution is 2.50. The molecule has 132 valence electrons. The summed E-state index contributed by atoms with van der Waals surface area (Å²) in [5, 5.41) is 2.63. The van der Waals surface area contributed by atoms with Gasteiger partial charge in [-0.15, -0.1) is 0 Å². The van der Waals surface area contributed by atoms with Crippen LogP contribution in [-0.2, 0) is 5.41 Å². The molecule has 0 aliphatic heterocycles. The van der Waals surface area contributed by atoms with E-state index in [1.165, 1.54) is 44.2 Å². The third-order valence-corrected chi connectivity index (χ3v) is 5.66. The van der Waals surface area contributed by atoms with Crippen molar-refractivity contribution in [2.45, 2.75) is 19.3 Å². The highest BCUT2D eigenvalue weighted by molar-refractivity contribution is 5.96. The van der Waals surface area contributed by atoms with Gasteiger partial charge < -0.3 is 9.97 Å². The van der Waals surface area contributed by atoms with Crippen molar-refractivity contribution in [3.8, 4) is 11.3 Å². The largest absolute Gasteiger partial charge is 0.361 e. The van der Waals surface area contributed by atoms with Crippen LogP contribution in [0, 0.1) is 0 Å². The molecule has 5 aromatic rings. The molecule has 0 atom stereocenters. The fourth-order valence-electron chi connectivity index (χ4n) is 4.37. The van der Waals surface area contributed by atoms with Gasteiger partial charge in [0.2, 0.25) is 0 Å². The number of aromatic amines is 2. The van der Waals surface area contributed by atoms with E-state index in [0.29, 0.717) is 0 Å². The Kier molecular flexibility index (Phi) is 3.48. The van der Waals surface area contributed by atoms with Crippen LogP contribution in [-0.4, -0.2) is 9.97 Å². The van der Waals surface area contributed by atoms with Gasteiger partial charge in [-0.05, 0) is 34.7 Å². The minimum absolute atomic E-state index is 0.0888. The second-order valence-corrected chi connectivity index (χ2v) is 7.66. The van der Waals surface area contributed by atoms with Crippen LogP contribution in [0.4, 0.5) is 0 Å². The number of aromatic nitrogens is 2. The molecule has 0 radical (unpaired) electrons. The molecule has 6 rings (SSSR count). The number of para-hydroxylation sites is 2. The maximum atomic E-state index is 3.59. The van der Waals surface area contributed by atoms with Crippen LogP contribution in [0.15, 0.2) is 85.1 Å². The predicted octanol–water partition coefficient (Wildman–Crippen LogP) is 6.64. The summed E-state index contributed by atoms with van der Waals surface area (Å²) in [4.78, 5) is 6.71. The quantitative estimate of drug-likeness (QED) is 0.314. The monoisotopic (exact) mass is 350 g/mol. The van der Waals surface area contributed by atoms with Crippen molar-refractivity contribution in [1.29, 1.82) is 0 Å². The molecule has 0 amide bonds. The lowest BCUT2D eigenvalue weighted by atomic mass is 9.81. The van der Waals surface area contributed by atoms with E-state index in [4.69, 9.17) is 0 Å². The first-order chi connectivity index (χ1) is 13.2. The molecule has 2 heterocycles. The Labute approximate surface area is 158 Å². The minimum Gasteiger partial charge on any atom is -0.361 e. The van der Waals surface area contributed by atoms with Gasteiger partial charge in [-0.25, -0.2) is 0 Å². The molecule has 0 spiro atoms. The molecule has 1 aliphatic carbocycles. The lowest BCUT2D eigenvalue weighted by Gasteiger charge is -2.21. The molecule has 2 N–H and O–H groups in total. The van der Waals surface area contributed by atoms with Crippen molar-refractivity contribution >= 4 is 21.8 Å². The second kappa shape index (κ2) is 5.88. The Bertz CT molecular complexity index is 1220. The molecule has 0 unspecified atom stereocenters. The van der Waals surface area contributed by atoms with Crippen LogP contribution >= 0.6 is 0 Å². The minimum atomic E-state index is 0.0888. The number of nitrogens with one attached hydrogen (secondary N) is 2. The third kappa shape index (κ3) is 2.41. The average molecular weight is 350 g/mol. The highest BCUT2D eigenvalue weighted by Gasteiger charge is 2.37. The highest BCUT2D eigenvalue weighted by atomic mass is 14.7. The first-order valence-corrected chi connectivity index (χ1v) is 9.39. The zero-order chi connectivity index (χ0) is 18.4. The standard InChI is InChI=1S/C17H15N.C8H7N/c1-17(2)13-9-5-3-7-11(13)16-15(17)12-8-4-6-10-14(12)18-16;1-2-4-8-7(3-1)5-6-9-8/h3-10,18H,1-2H3;1-6,9H. The van der Waals surface area contributed by atoms with Crippen molar-refractivity contribution in [2.75, 3.05) is 0 Å². The van der Waals surface area contributed by atoms with Gasteiger partial charge in [-0.1, -0.05) is 74.5 Å². The topological polar surface area (TPSA) is 31.6 Å². The summed E-state index contributed by atoms with van der Waals surface area (Å²) in [6.45, 7) is 4.63. The van der Waals surface area contributed by atoms with E-state index in [1.54, 1.807) is 0 Å². The molecule has 3 aromatic carbocycles. The lowest BCUT2D eigenvalue weighted by molar-refractivity contribution is 0.666. The summed E-state index contributed by atoms with van der Waals surface area (Å²) in [6, 6.07) is 27.6. The Hall–Kier alpha value is -3.26. The maximum Gasteiger partial charge on any atom is 0.0509 e. The number of hydrogen-bond donors (Lipinski definition) is 2. The van der Waals surface area contributed by atoms with E-state index < -0.39 is 0 Å². The third-order valence-electron chi connectivity index (χ3n) is 5.66. The Morgan fingerprint density at radius 3 is 2.26 bits per heavy atom. The smallest absolute Gasteiger partial charge is 0.0509 e. The average Bonchev–Trinajstić information content (AvgIpc) is 3.37. The molecule has 0 fully saturated rings. The van der Waals surface area contributed by atoms with Crippen molar-refractivity contribution in [3.05, 3.63) is 96.2 Å². The van der Waals surface area contributed by atoms with Gasteiger partial charge in [0.05, 0.1) is 5.69 Å². The zero-order valence-corrected chi connectivity index (χ0v) is 15.6. The summed E-state index contributed by atoms with van der Waals surface area (Å²) >= 11 is 0. The number of hydrogen-bond acceptors (Lipinski definition) is 0. The van der Waals surface area contributed by atoms with E-state index in [9.17, 15) is 0 Å². The van der Waals surface area contributed by atoms with E-state index in [2.05, 4.69) is 90.5 Å². The van der Waals surface area contributed by atoms with E-state index in [1.807, 2.05) is 18.3 Å². The number of benzene rings is 3. The molecular weight excluding hydrogens is 328 g/mol. The molecule has 0 saturated heterocycles. The van der Waals surface area contributed by atoms with Gasteiger partial charge in [-0.3, -0.25) is 0 Å². The summed E-state index contributed by atoms with van der Waals surface area (Å²) in [6.07, 6.45) is 1.95. The van der Waals surface area contributed by atoms with Crippen LogP contribution in [0.5, 0.6) is 0 Å². The number of fused-ring (bicyclic) bond motifs is 6.